The van der Waals surface area contributed by atoms with E-state index in [9.17, 15) is 4.79 Å². The monoisotopic (exact) mass is 550 g/mol. The number of nitrogens with zero attached hydrogens (tertiary/aromatic N) is 7. The Hall–Kier alpha value is -4.19. The third-order valence-electron chi connectivity index (χ3n) is 7.31. The fourth-order valence-electron chi connectivity index (χ4n) is 5.03. The summed E-state index contributed by atoms with van der Waals surface area (Å²) >= 11 is 0. The maximum Gasteiger partial charge on any atom is 0.254 e. The summed E-state index contributed by atoms with van der Waals surface area (Å²) in [5.74, 6) is -0.742. The topological polar surface area (TPSA) is 112 Å². The Bertz CT molecular complexity index is 1490. The van der Waals surface area contributed by atoms with Crippen molar-refractivity contribution in [1.82, 2.24) is 29.4 Å². The Morgan fingerprint density at radius 3 is 2.50 bits per heavy atom. The summed E-state index contributed by atoms with van der Waals surface area (Å²) in [7, 11) is 0. The number of rotatable bonds is 9. The molecule has 1 fully saturated rings. The van der Waals surface area contributed by atoms with E-state index in [0.717, 1.165) is 44.0 Å². The van der Waals surface area contributed by atoms with Gasteiger partial charge in [0.1, 0.15) is 23.6 Å². The number of hydrogen-bond donors (Lipinski definition) is 2. The molecule has 0 atom stereocenters. The first-order valence-electron chi connectivity index (χ1n) is 13.5. The zero-order valence-electron chi connectivity index (χ0n) is 22.5. The quantitative estimate of drug-likeness (QED) is 0.320. The number of likely N-dealkylation sites (N-methyl/N-ethyl adjacent to an activating group) is 1. The van der Waals surface area contributed by atoms with Crippen LogP contribution in [0, 0.1) is 11.6 Å². The molecule has 10 nitrogen and oxygen atoms in total. The van der Waals surface area contributed by atoms with Gasteiger partial charge in [-0.25, -0.2) is 28.7 Å². The number of aromatic nitrogens is 5. The zero-order chi connectivity index (χ0) is 28.2. The molecule has 0 saturated carbocycles. The number of carbonyl (C=O) groups excluding carboxylic acids is 1. The number of aliphatic hydroxyl groups excluding tert-OH is 1. The van der Waals surface area contributed by atoms with E-state index >= 15 is 8.78 Å². The van der Waals surface area contributed by atoms with Crippen molar-refractivity contribution < 1.29 is 18.7 Å². The number of nitrogens with one attached hydrogen (secondary N) is 1. The molecule has 1 saturated heterocycles. The first-order valence-corrected chi connectivity index (χ1v) is 13.5. The molecule has 210 valence electrons. The van der Waals surface area contributed by atoms with E-state index in [2.05, 4.69) is 37.1 Å². The van der Waals surface area contributed by atoms with E-state index in [1.165, 1.54) is 29.6 Å². The van der Waals surface area contributed by atoms with Gasteiger partial charge < -0.3 is 24.8 Å². The maximum atomic E-state index is 15.3. The number of amides is 1. The molecule has 0 spiro atoms. The number of piperidine rings is 1. The molecule has 40 heavy (non-hydrogen) atoms. The van der Waals surface area contributed by atoms with Gasteiger partial charge in [0.2, 0.25) is 5.95 Å². The van der Waals surface area contributed by atoms with Crippen LogP contribution < -0.4 is 10.2 Å². The van der Waals surface area contributed by atoms with Crippen LogP contribution in [0.3, 0.4) is 0 Å². The number of benzene rings is 1. The minimum atomic E-state index is -0.681. The molecular weight excluding hydrogens is 518 g/mol. The summed E-state index contributed by atoms with van der Waals surface area (Å²) in [5.41, 5.74) is 1.71. The summed E-state index contributed by atoms with van der Waals surface area (Å²) in [4.78, 5) is 33.7. The molecule has 0 bridgehead atoms. The number of carbonyl (C=O) groups is 1. The lowest BCUT2D eigenvalue weighted by Gasteiger charge is -2.32. The molecule has 2 N–H and O–H groups in total. The number of hydrogen-bond acceptors (Lipinski definition) is 8. The van der Waals surface area contributed by atoms with Gasteiger partial charge in [-0.15, -0.1) is 0 Å². The number of anilines is 3. The van der Waals surface area contributed by atoms with Gasteiger partial charge in [-0.2, -0.15) is 0 Å². The second kappa shape index (κ2) is 11.9. The standard InChI is InChI=1S/C28H32F2N8O2/c1-3-18-14-31-28(32-15-18)37-9-7-20(8-10-37)38-16-22(30)24-25(33-17-34-26(24)38)35-23-6-5-19(13-21(23)29)27(40)36(4-2)11-12-39/h5-6,13-17,20,39H,3-4,7-12H2,1-2H3,(H,33,34,35). The number of aryl methyl sites for hydroxylation is 1. The first-order chi connectivity index (χ1) is 19.4. The van der Waals surface area contributed by atoms with Crippen molar-refractivity contribution in [2.45, 2.75) is 39.2 Å². The average molecular weight is 551 g/mol. The molecule has 0 radical (unpaired) electrons. The second-order valence-corrected chi connectivity index (χ2v) is 9.70. The largest absolute Gasteiger partial charge is 0.395 e. The van der Waals surface area contributed by atoms with Crippen LogP contribution in [0.4, 0.5) is 26.2 Å². The SMILES string of the molecule is CCc1cnc(N2CCC(n3cc(F)c4c(Nc5ccc(C(=O)N(CC)CCO)cc5F)ncnc43)CC2)nc1. The lowest BCUT2D eigenvalue weighted by Crippen LogP contribution is -2.35. The van der Waals surface area contributed by atoms with E-state index in [4.69, 9.17) is 5.11 Å². The summed E-state index contributed by atoms with van der Waals surface area (Å²) in [6.45, 7) is 5.64. The van der Waals surface area contributed by atoms with Crippen LogP contribution in [0.1, 0.15) is 48.7 Å². The number of fused-ring (bicyclic) bond motifs is 1. The van der Waals surface area contributed by atoms with Crippen molar-refractivity contribution in [3.05, 3.63) is 65.9 Å². The third kappa shape index (κ3) is 5.44. The van der Waals surface area contributed by atoms with Gasteiger partial charge in [0.05, 0.1) is 17.7 Å². The average Bonchev–Trinajstić information content (AvgIpc) is 3.33. The Kier molecular flexibility index (Phi) is 8.15. The van der Waals surface area contributed by atoms with E-state index in [1.54, 1.807) is 6.92 Å². The van der Waals surface area contributed by atoms with Gasteiger partial charge in [0.15, 0.2) is 5.82 Å². The van der Waals surface area contributed by atoms with Gasteiger partial charge in [-0.1, -0.05) is 6.92 Å². The van der Waals surface area contributed by atoms with Crippen LogP contribution in [0.25, 0.3) is 11.0 Å². The number of aliphatic hydroxyl groups is 1. The smallest absolute Gasteiger partial charge is 0.254 e. The lowest BCUT2D eigenvalue weighted by molar-refractivity contribution is 0.0731. The van der Waals surface area contributed by atoms with Crippen molar-refractivity contribution in [3.63, 3.8) is 0 Å². The normalized spacial score (nSPS) is 14.1. The highest BCUT2D eigenvalue weighted by atomic mass is 19.1. The van der Waals surface area contributed by atoms with Gasteiger partial charge >= 0.3 is 0 Å². The van der Waals surface area contributed by atoms with E-state index < -0.39 is 11.6 Å². The number of halogens is 2. The Balaban J connectivity index is 1.34. The first kappa shape index (κ1) is 27.4. The second-order valence-electron chi connectivity index (χ2n) is 9.70. The summed E-state index contributed by atoms with van der Waals surface area (Å²) in [6, 6.07) is 4.05. The minimum absolute atomic E-state index is 0.0170. The molecule has 0 aliphatic carbocycles. The van der Waals surface area contributed by atoms with Crippen molar-refractivity contribution in [1.29, 1.82) is 0 Å². The molecule has 3 aromatic heterocycles. The predicted molar refractivity (Wildman–Crippen MR) is 148 cm³/mol. The van der Waals surface area contributed by atoms with Crippen molar-refractivity contribution in [2.75, 3.05) is 43.0 Å². The van der Waals surface area contributed by atoms with E-state index in [0.29, 0.717) is 18.1 Å². The van der Waals surface area contributed by atoms with Crippen LogP contribution in [-0.2, 0) is 6.42 Å². The van der Waals surface area contributed by atoms with Crippen LogP contribution in [0.2, 0.25) is 0 Å². The highest BCUT2D eigenvalue weighted by molar-refractivity contribution is 5.95. The summed E-state index contributed by atoms with van der Waals surface area (Å²) in [6.07, 6.45) is 8.83. The maximum absolute atomic E-state index is 15.3. The van der Waals surface area contributed by atoms with Crippen molar-refractivity contribution >= 4 is 34.4 Å². The third-order valence-corrected chi connectivity index (χ3v) is 7.31. The van der Waals surface area contributed by atoms with Crippen LogP contribution in [-0.4, -0.2) is 73.2 Å². The molecule has 1 amide bonds. The zero-order valence-corrected chi connectivity index (χ0v) is 22.5. The molecule has 4 aromatic rings. The fraction of sp³-hybridized carbons (Fsp3) is 0.393. The Morgan fingerprint density at radius 2 is 1.85 bits per heavy atom. The van der Waals surface area contributed by atoms with Gasteiger partial charge in [0.25, 0.3) is 5.91 Å². The molecule has 0 unspecified atom stereocenters. The highest BCUT2D eigenvalue weighted by Gasteiger charge is 2.26. The van der Waals surface area contributed by atoms with Crippen LogP contribution >= 0.6 is 0 Å². The van der Waals surface area contributed by atoms with Gasteiger partial charge in [-0.05, 0) is 49.9 Å². The Labute approximate surface area is 230 Å². The van der Waals surface area contributed by atoms with Crippen molar-refractivity contribution in [2.24, 2.45) is 0 Å². The minimum Gasteiger partial charge on any atom is -0.395 e. The molecule has 12 heteroatoms. The summed E-state index contributed by atoms with van der Waals surface area (Å²) < 4.78 is 32.1. The predicted octanol–water partition coefficient (Wildman–Crippen LogP) is 4.10. The van der Waals surface area contributed by atoms with Crippen LogP contribution in [0.15, 0.2) is 43.1 Å². The van der Waals surface area contributed by atoms with E-state index in [-0.39, 0.29) is 47.6 Å². The summed E-state index contributed by atoms with van der Waals surface area (Å²) in [5, 5.41) is 12.2. The fourth-order valence-corrected chi connectivity index (χ4v) is 5.03. The highest BCUT2D eigenvalue weighted by Crippen LogP contribution is 2.33. The Morgan fingerprint density at radius 1 is 1.10 bits per heavy atom. The lowest BCUT2D eigenvalue weighted by atomic mass is 10.1. The molecule has 1 aliphatic heterocycles. The molecule has 5 rings (SSSR count). The molecule has 1 aromatic carbocycles. The van der Waals surface area contributed by atoms with Crippen molar-refractivity contribution in [3.8, 4) is 0 Å². The molecule has 4 heterocycles. The molecule has 1 aliphatic rings. The van der Waals surface area contributed by atoms with Crippen LogP contribution in [0.5, 0.6) is 0 Å². The van der Waals surface area contributed by atoms with Gasteiger partial charge in [-0.3, -0.25) is 4.79 Å². The molecular formula is C28H32F2N8O2. The van der Waals surface area contributed by atoms with Gasteiger partial charge in [0, 0.05) is 56.4 Å². The van der Waals surface area contributed by atoms with E-state index in [1.807, 2.05) is 17.0 Å².